The Morgan fingerprint density at radius 2 is 0.542 bits per heavy atom. The first-order valence-electron chi connectivity index (χ1n) is 37.5. The molecule has 0 radical (unpaired) electrons. The van der Waals surface area contributed by atoms with Crippen molar-refractivity contribution in [2.75, 3.05) is 39.6 Å². The zero-order valence-electron chi connectivity index (χ0n) is 60.3. The van der Waals surface area contributed by atoms with Crippen LogP contribution in [0.25, 0.3) is 0 Å². The number of phosphoric ester groups is 2. The van der Waals surface area contributed by atoms with Crippen LogP contribution in [-0.2, 0) is 65.4 Å². The first-order valence-corrected chi connectivity index (χ1v) is 40.5. The Kier molecular flexibility index (Phi) is 66.6. The maximum absolute atomic E-state index is 13.0. The van der Waals surface area contributed by atoms with Gasteiger partial charge in [0.1, 0.15) is 19.3 Å². The van der Waals surface area contributed by atoms with Crippen molar-refractivity contribution in [2.45, 2.75) is 329 Å². The summed E-state index contributed by atoms with van der Waals surface area (Å²) in [5, 5.41) is 10.6. The number of carbonyl (C=O) groups is 4. The van der Waals surface area contributed by atoms with E-state index >= 15 is 0 Å². The average Bonchev–Trinajstić information content (AvgIpc) is 1.15. The second-order valence-corrected chi connectivity index (χ2v) is 27.7. The van der Waals surface area contributed by atoms with Crippen LogP contribution in [0.5, 0.6) is 0 Å². The maximum Gasteiger partial charge on any atom is 0.472 e. The van der Waals surface area contributed by atoms with Crippen LogP contribution in [0.3, 0.4) is 0 Å². The largest absolute Gasteiger partial charge is 0.472 e. The number of rotatable bonds is 70. The lowest BCUT2D eigenvalue weighted by atomic mass is 10.1. The fourth-order valence-corrected chi connectivity index (χ4v) is 11.5. The number of ether oxygens (including phenoxy) is 4. The van der Waals surface area contributed by atoms with Crippen molar-refractivity contribution >= 4 is 39.5 Å². The van der Waals surface area contributed by atoms with Gasteiger partial charge in [0, 0.05) is 25.7 Å². The summed E-state index contributed by atoms with van der Waals surface area (Å²) in [5.41, 5.74) is 0. The molecule has 5 unspecified atom stereocenters. The van der Waals surface area contributed by atoms with Crippen molar-refractivity contribution in [3.05, 3.63) is 97.2 Å². The molecule has 0 aromatic heterocycles. The average molecular weight is 1390 g/mol. The van der Waals surface area contributed by atoms with Gasteiger partial charge < -0.3 is 33.8 Å². The van der Waals surface area contributed by atoms with E-state index < -0.39 is 97.5 Å². The zero-order valence-corrected chi connectivity index (χ0v) is 62.1. The van der Waals surface area contributed by atoms with E-state index in [4.69, 9.17) is 37.0 Å². The molecule has 17 nitrogen and oxygen atoms in total. The van der Waals surface area contributed by atoms with Crippen LogP contribution in [0.15, 0.2) is 97.2 Å². The minimum atomic E-state index is -4.97. The molecule has 3 N–H and O–H groups in total. The van der Waals surface area contributed by atoms with Gasteiger partial charge in [-0.1, -0.05) is 279 Å². The molecule has 0 aliphatic heterocycles. The van der Waals surface area contributed by atoms with E-state index in [2.05, 4.69) is 125 Å². The highest BCUT2D eigenvalue weighted by Crippen LogP contribution is 2.45. The van der Waals surface area contributed by atoms with Gasteiger partial charge in [-0.25, -0.2) is 9.13 Å². The molecule has 0 aliphatic carbocycles. The lowest BCUT2D eigenvalue weighted by Crippen LogP contribution is -2.30. The second-order valence-electron chi connectivity index (χ2n) is 24.8. The number of hydrogen-bond acceptors (Lipinski definition) is 15. The molecule has 0 fully saturated rings. The Balaban J connectivity index is 5.30. The third kappa shape index (κ3) is 68.5. The number of esters is 4. The fraction of sp³-hybridized carbons (Fsp3) is 0.740. The lowest BCUT2D eigenvalue weighted by Gasteiger charge is -2.21. The van der Waals surface area contributed by atoms with E-state index in [0.717, 1.165) is 154 Å². The van der Waals surface area contributed by atoms with Gasteiger partial charge in [-0.3, -0.25) is 37.3 Å². The third-order valence-electron chi connectivity index (χ3n) is 15.6. The molecule has 0 spiro atoms. The quantitative estimate of drug-likeness (QED) is 0.0169. The summed E-state index contributed by atoms with van der Waals surface area (Å²) in [7, 11) is -9.95. The molecule has 554 valence electrons. The third-order valence-corrected chi connectivity index (χ3v) is 17.5. The molecule has 0 rings (SSSR count). The van der Waals surface area contributed by atoms with Crippen LogP contribution in [-0.4, -0.2) is 96.7 Å². The number of aliphatic hydroxyl groups excluding tert-OH is 1. The Morgan fingerprint density at radius 3 is 0.854 bits per heavy atom. The van der Waals surface area contributed by atoms with Gasteiger partial charge >= 0.3 is 39.5 Å². The molecule has 19 heteroatoms. The smallest absolute Gasteiger partial charge is 0.462 e. The fourth-order valence-electron chi connectivity index (χ4n) is 9.91. The first kappa shape index (κ1) is 92.0. The highest BCUT2D eigenvalue weighted by atomic mass is 31.2. The maximum atomic E-state index is 13.0. The highest BCUT2D eigenvalue weighted by Gasteiger charge is 2.30. The van der Waals surface area contributed by atoms with Crippen molar-refractivity contribution in [2.24, 2.45) is 0 Å². The van der Waals surface area contributed by atoms with Crippen molar-refractivity contribution in [1.29, 1.82) is 0 Å². The van der Waals surface area contributed by atoms with Crippen LogP contribution in [0.2, 0.25) is 0 Å². The van der Waals surface area contributed by atoms with Gasteiger partial charge in [0.25, 0.3) is 0 Å². The molecule has 0 heterocycles. The van der Waals surface area contributed by atoms with Crippen molar-refractivity contribution in [3.8, 4) is 0 Å². The van der Waals surface area contributed by atoms with E-state index in [0.29, 0.717) is 25.7 Å². The van der Waals surface area contributed by atoms with Crippen molar-refractivity contribution in [3.63, 3.8) is 0 Å². The number of hydrogen-bond donors (Lipinski definition) is 3. The van der Waals surface area contributed by atoms with Crippen molar-refractivity contribution in [1.82, 2.24) is 0 Å². The Labute approximate surface area is 582 Å². The van der Waals surface area contributed by atoms with Crippen LogP contribution in [0.1, 0.15) is 310 Å². The SMILES string of the molecule is CC/C=C\C/C=C\C/C=C\C/C=C\CCCCCCCCC(=O)OCC(COP(=O)(O)OCC(O)COP(=O)(O)OCC(COC(=O)CCCC/C=C\C/C=C\C/C=C\C/C=C\CC)OC(=O)CCCCCCCCCCCCC)OC(=O)CCCCCCCCCCCCC. The molecule has 0 saturated carbocycles. The number of aliphatic hydroxyl groups is 1. The van der Waals surface area contributed by atoms with Gasteiger partial charge in [-0.05, 0) is 103 Å². The van der Waals surface area contributed by atoms with E-state index in [1.807, 2.05) is 0 Å². The van der Waals surface area contributed by atoms with Gasteiger partial charge in [-0.15, -0.1) is 0 Å². The van der Waals surface area contributed by atoms with Crippen LogP contribution in [0, 0.1) is 0 Å². The van der Waals surface area contributed by atoms with Gasteiger partial charge in [0.2, 0.25) is 0 Å². The van der Waals surface area contributed by atoms with Gasteiger partial charge in [-0.2, -0.15) is 0 Å². The van der Waals surface area contributed by atoms with Gasteiger partial charge in [0.05, 0.1) is 26.4 Å². The lowest BCUT2D eigenvalue weighted by molar-refractivity contribution is -0.161. The molecular weight excluding hydrogens is 1260 g/mol. The van der Waals surface area contributed by atoms with Crippen molar-refractivity contribution < 1.29 is 80.2 Å². The van der Waals surface area contributed by atoms with E-state index in [9.17, 15) is 43.2 Å². The Morgan fingerprint density at radius 1 is 0.302 bits per heavy atom. The first-order chi connectivity index (χ1) is 46.7. The summed E-state index contributed by atoms with van der Waals surface area (Å²) < 4.78 is 68.3. The standard InChI is InChI=1S/C77H134O17P2/c1-5-9-13-17-21-25-29-31-33-34-35-36-38-40-44-46-50-54-58-62-75(80)88-68-73(94-77(82)64-60-56-52-48-42-28-24-20-16-12-8-4)70-92-96(85,86)90-66-71(78)65-89-95(83,84)91-69-72(93-76(81)63-59-55-51-47-41-27-23-19-15-11-7-3)67-87-74(79)61-57-53-49-45-43-39-37-32-30-26-22-18-14-10-6-2/h9-10,13-14,21-22,25-26,31-33,35-37,43,45,71-73,78H,5-8,11-12,15-20,23-24,27-30,34,38-42,44,46-70H2,1-4H3,(H,83,84)(H,85,86)/b13-9-,14-10-,25-21-,26-22-,33-31-,36-35-,37-32-,45-43-. The van der Waals surface area contributed by atoms with E-state index in [1.165, 1.54) is 77.0 Å². The molecule has 96 heavy (non-hydrogen) atoms. The molecule has 0 aromatic rings. The van der Waals surface area contributed by atoms with E-state index in [-0.39, 0.29) is 25.7 Å². The molecule has 0 saturated heterocycles. The number of phosphoric acid groups is 2. The number of allylic oxidation sites excluding steroid dienone is 16. The highest BCUT2D eigenvalue weighted by molar-refractivity contribution is 7.47. The Bertz CT molecular complexity index is 2200. The second kappa shape index (κ2) is 69.5. The molecule has 0 aliphatic rings. The van der Waals surface area contributed by atoms with Crippen LogP contribution in [0.4, 0.5) is 0 Å². The summed E-state index contributed by atoms with van der Waals surface area (Å²) in [6, 6.07) is 0. The molecular formula is C77H134O17P2. The summed E-state index contributed by atoms with van der Waals surface area (Å²) in [6.07, 6.45) is 71.3. The summed E-state index contributed by atoms with van der Waals surface area (Å²) in [4.78, 5) is 72.7. The van der Waals surface area contributed by atoms with Crippen LogP contribution >= 0.6 is 15.6 Å². The number of carbonyl (C=O) groups excluding carboxylic acids is 4. The summed E-state index contributed by atoms with van der Waals surface area (Å²) in [6.45, 7) is 4.58. The topological polar surface area (TPSA) is 237 Å². The minimum Gasteiger partial charge on any atom is -0.462 e. The summed E-state index contributed by atoms with van der Waals surface area (Å²) in [5.74, 6) is -2.22. The summed E-state index contributed by atoms with van der Waals surface area (Å²) >= 11 is 0. The molecule has 0 amide bonds. The predicted molar refractivity (Wildman–Crippen MR) is 390 cm³/mol. The predicted octanol–water partition coefficient (Wildman–Crippen LogP) is 21.2. The molecule has 0 aromatic carbocycles. The molecule has 0 bridgehead atoms. The van der Waals surface area contributed by atoms with E-state index in [1.54, 1.807) is 0 Å². The number of unbranched alkanes of at least 4 members (excludes halogenated alkanes) is 28. The normalized spacial score (nSPS) is 14.5. The van der Waals surface area contributed by atoms with Crippen LogP contribution < -0.4 is 0 Å². The Hall–Kier alpha value is -4.02. The minimum absolute atomic E-state index is 0.0886. The zero-order chi connectivity index (χ0) is 70.4. The van der Waals surface area contributed by atoms with Gasteiger partial charge in [0.15, 0.2) is 12.2 Å². The monoisotopic (exact) mass is 1390 g/mol. The molecule has 5 atom stereocenters.